The predicted molar refractivity (Wildman–Crippen MR) is 138 cm³/mol. The van der Waals surface area contributed by atoms with E-state index in [1.54, 1.807) is 12.1 Å². The van der Waals surface area contributed by atoms with Crippen molar-refractivity contribution in [3.63, 3.8) is 0 Å². The van der Waals surface area contributed by atoms with Crippen LogP contribution in [0.3, 0.4) is 0 Å². The van der Waals surface area contributed by atoms with E-state index in [4.69, 9.17) is 11.5 Å². The first-order valence-corrected chi connectivity index (χ1v) is 11.0. The van der Waals surface area contributed by atoms with Gasteiger partial charge in [0.05, 0.1) is 6.04 Å². The number of phenolic OH excluding ortho intramolecular Hbond substituents is 1. The number of hydrogen-bond acceptors (Lipinski definition) is 6. The van der Waals surface area contributed by atoms with Crippen molar-refractivity contribution < 1.29 is 29.0 Å². The molecule has 0 saturated carbocycles. The lowest BCUT2D eigenvalue weighted by Crippen LogP contribution is -2.55. The van der Waals surface area contributed by atoms with E-state index in [1.165, 1.54) is 31.3 Å². The number of phenols is 1. The van der Waals surface area contributed by atoms with Gasteiger partial charge in [-0.15, -0.1) is 24.8 Å². The van der Waals surface area contributed by atoms with Crippen molar-refractivity contribution in [2.24, 2.45) is 11.5 Å². The third kappa shape index (κ3) is 7.07. The minimum Gasteiger partial charge on any atom is -0.508 e. The van der Waals surface area contributed by atoms with Crippen LogP contribution in [0.15, 0.2) is 36.4 Å². The molecule has 4 bridgehead atoms. The molecule has 198 valence electrons. The van der Waals surface area contributed by atoms with Crippen LogP contribution in [0.2, 0.25) is 0 Å². The summed E-state index contributed by atoms with van der Waals surface area (Å²) in [6, 6.07) is 5.52. The first kappa shape index (κ1) is 31.1. The largest absolute Gasteiger partial charge is 0.508 e. The Morgan fingerprint density at radius 2 is 1.72 bits per heavy atom. The van der Waals surface area contributed by atoms with Gasteiger partial charge in [-0.25, -0.2) is 9.18 Å². The summed E-state index contributed by atoms with van der Waals surface area (Å²) >= 11 is 0. The van der Waals surface area contributed by atoms with Crippen LogP contribution in [-0.2, 0) is 27.2 Å². The van der Waals surface area contributed by atoms with E-state index in [-0.39, 0.29) is 61.9 Å². The number of amides is 2. The third-order valence-corrected chi connectivity index (χ3v) is 6.06. The van der Waals surface area contributed by atoms with E-state index in [0.29, 0.717) is 23.1 Å². The number of benzene rings is 2. The molecule has 3 rings (SSSR count). The van der Waals surface area contributed by atoms with Gasteiger partial charge < -0.3 is 31.9 Å². The number of nitrogens with one attached hydrogen (secondary N) is 1. The second kappa shape index (κ2) is 13.4. The summed E-state index contributed by atoms with van der Waals surface area (Å²) in [7, 11) is 1.31. The lowest BCUT2D eigenvalue weighted by atomic mass is 9.95. The quantitative estimate of drug-likeness (QED) is 0.390. The second-order valence-electron chi connectivity index (χ2n) is 8.46. The molecule has 3 atom stereocenters. The van der Waals surface area contributed by atoms with Crippen molar-refractivity contribution >= 4 is 42.6 Å². The highest BCUT2D eigenvalue weighted by molar-refractivity contribution is 5.92. The average Bonchev–Trinajstić information content (AvgIpc) is 2.80. The Bertz CT molecular complexity index is 1100. The van der Waals surface area contributed by atoms with Crippen LogP contribution < -0.4 is 16.8 Å². The minimum absolute atomic E-state index is 0. The Morgan fingerprint density at radius 1 is 1.11 bits per heavy atom. The highest BCUT2D eigenvalue weighted by Gasteiger charge is 2.33. The molecule has 0 unspecified atom stereocenters. The van der Waals surface area contributed by atoms with Crippen molar-refractivity contribution in [3.8, 4) is 16.9 Å². The molecule has 2 aromatic rings. The molecule has 1 aliphatic rings. The van der Waals surface area contributed by atoms with Crippen molar-refractivity contribution in [2.75, 3.05) is 13.6 Å². The standard InChI is InChI=1S/C24H29FN4O5.2ClH/c1-29-20(24(33)34)12-15-9-13(4-6-17(15)25)14-5-7-21(30)16(10-14)11-18(27)22(31)28-19(23(29)32)3-2-8-26;;/h4-7,9-10,18-20,30H,2-3,8,11-12,26-27H2,1H3,(H,28,31)(H,33,34);2*1H/t18-,19-,20-;;/m0../s1. The maximum Gasteiger partial charge on any atom is 0.326 e. The van der Waals surface area contributed by atoms with Crippen molar-refractivity contribution in [2.45, 2.75) is 43.8 Å². The number of aliphatic carboxylic acids is 1. The van der Waals surface area contributed by atoms with E-state index >= 15 is 0 Å². The highest BCUT2D eigenvalue weighted by Crippen LogP contribution is 2.29. The molecule has 12 heteroatoms. The molecule has 0 spiro atoms. The molecule has 1 aliphatic heterocycles. The van der Waals surface area contributed by atoms with Crippen LogP contribution in [0.5, 0.6) is 5.75 Å². The predicted octanol–water partition coefficient (Wildman–Crippen LogP) is 1.60. The summed E-state index contributed by atoms with van der Waals surface area (Å²) < 4.78 is 14.7. The highest BCUT2D eigenvalue weighted by atomic mass is 35.5. The number of aromatic hydroxyl groups is 1. The van der Waals surface area contributed by atoms with Crippen molar-refractivity contribution in [3.05, 3.63) is 53.3 Å². The van der Waals surface area contributed by atoms with E-state index in [0.717, 1.165) is 4.90 Å². The lowest BCUT2D eigenvalue weighted by Gasteiger charge is -2.30. The fourth-order valence-corrected chi connectivity index (χ4v) is 4.02. The fourth-order valence-electron chi connectivity index (χ4n) is 4.02. The number of nitrogens with two attached hydrogens (primary N) is 2. The number of carboxylic acids is 1. The minimum atomic E-state index is -1.37. The molecule has 2 amide bonds. The second-order valence-corrected chi connectivity index (χ2v) is 8.46. The van der Waals surface area contributed by atoms with Crippen LogP contribution in [0.4, 0.5) is 4.39 Å². The maximum atomic E-state index is 14.7. The zero-order valence-corrected chi connectivity index (χ0v) is 21.3. The Hall–Kier alpha value is -2.92. The van der Waals surface area contributed by atoms with Crippen LogP contribution >= 0.6 is 24.8 Å². The van der Waals surface area contributed by atoms with E-state index in [9.17, 15) is 29.0 Å². The first-order chi connectivity index (χ1) is 16.1. The van der Waals surface area contributed by atoms with E-state index < -0.39 is 41.7 Å². The monoisotopic (exact) mass is 544 g/mol. The Morgan fingerprint density at radius 3 is 2.33 bits per heavy atom. The first-order valence-electron chi connectivity index (χ1n) is 11.0. The normalized spacial score (nSPS) is 20.2. The van der Waals surface area contributed by atoms with Gasteiger partial charge in [0.2, 0.25) is 11.8 Å². The van der Waals surface area contributed by atoms with Gasteiger partial charge in [0, 0.05) is 19.9 Å². The Kier molecular flexibility index (Phi) is 11.6. The van der Waals surface area contributed by atoms with Gasteiger partial charge in [-0.3, -0.25) is 9.59 Å². The number of carbonyl (C=O) groups is 3. The SMILES string of the molecule is CN1C(=O)[C@H](CCCN)NC(=O)[C@@H](N)Cc2cc(ccc2O)-c2ccc(F)c(c2)C[C@H]1C(=O)O.Cl.Cl. The summed E-state index contributed by atoms with van der Waals surface area (Å²) in [6.07, 6.45) is 0.288. The van der Waals surface area contributed by atoms with Gasteiger partial charge in [0.15, 0.2) is 0 Å². The molecule has 0 aliphatic carbocycles. The number of nitrogens with zero attached hydrogens (tertiary/aromatic N) is 1. The topological polar surface area (TPSA) is 159 Å². The molecule has 36 heavy (non-hydrogen) atoms. The number of fused-ring (bicyclic) bond motifs is 5. The fraction of sp³-hybridized carbons (Fsp3) is 0.375. The number of carbonyl (C=O) groups excluding carboxylic acids is 2. The molecule has 9 nitrogen and oxygen atoms in total. The maximum absolute atomic E-state index is 14.7. The van der Waals surface area contributed by atoms with Crippen LogP contribution in [0, 0.1) is 5.82 Å². The van der Waals surface area contributed by atoms with Gasteiger partial charge in [-0.2, -0.15) is 0 Å². The number of rotatable bonds is 4. The van der Waals surface area contributed by atoms with Gasteiger partial charge in [-0.05, 0) is 65.9 Å². The molecule has 1 heterocycles. The third-order valence-electron chi connectivity index (χ3n) is 6.06. The van der Waals surface area contributed by atoms with Crippen LogP contribution in [0.1, 0.15) is 24.0 Å². The molecule has 7 N–H and O–H groups in total. The van der Waals surface area contributed by atoms with E-state index in [2.05, 4.69) is 5.32 Å². The van der Waals surface area contributed by atoms with Crippen molar-refractivity contribution in [1.29, 1.82) is 0 Å². The zero-order valence-electron chi connectivity index (χ0n) is 19.6. The molecule has 0 radical (unpaired) electrons. The Labute approximate surface area is 220 Å². The number of likely N-dealkylation sites (N-methyl/N-ethyl adjacent to an activating group) is 1. The summed E-state index contributed by atoms with van der Waals surface area (Å²) in [5.41, 5.74) is 13.4. The van der Waals surface area contributed by atoms with Gasteiger partial charge in [0.1, 0.15) is 23.7 Å². The summed E-state index contributed by atoms with van der Waals surface area (Å²) in [6.45, 7) is 0.260. The van der Waals surface area contributed by atoms with Gasteiger partial charge >= 0.3 is 5.97 Å². The van der Waals surface area contributed by atoms with Crippen LogP contribution in [-0.4, -0.2) is 64.6 Å². The lowest BCUT2D eigenvalue weighted by molar-refractivity contribution is -0.150. The smallest absolute Gasteiger partial charge is 0.326 e. The molecular formula is C24H31Cl2FN4O5. The molecule has 0 aromatic heterocycles. The van der Waals surface area contributed by atoms with Crippen molar-refractivity contribution in [1.82, 2.24) is 10.2 Å². The summed E-state index contributed by atoms with van der Waals surface area (Å²) in [5.74, 6) is -3.23. The number of carboxylic acid groups (broad SMARTS) is 1. The van der Waals surface area contributed by atoms with E-state index in [1.807, 2.05) is 0 Å². The summed E-state index contributed by atoms with van der Waals surface area (Å²) in [5, 5.41) is 22.7. The molecule has 0 fully saturated rings. The Balaban J connectivity index is 0.00000324. The molecular weight excluding hydrogens is 514 g/mol. The molecule has 2 aromatic carbocycles. The number of halogens is 3. The molecule has 0 saturated heterocycles. The average molecular weight is 545 g/mol. The number of hydrogen-bond donors (Lipinski definition) is 5. The van der Waals surface area contributed by atoms with Crippen LogP contribution in [0.25, 0.3) is 11.1 Å². The zero-order chi connectivity index (χ0) is 25.0. The summed E-state index contributed by atoms with van der Waals surface area (Å²) in [4.78, 5) is 39.1. The van der Waals surface area contributed by atoms with Gasteiger partial charge in [0.25, 0.3) is 0 Å². The van der Waals surface area contributed by atoms with Gasteiger partial charge in [-0.1, -0.05) is 12.1 Å².